The SMILES string of the molecule is C=C/C=C\C=C/Cc1ccc(-c2nc(-c3ccccc3)nc(-c3ccc(-c4cccc5c4oc4ccccc45)c4oc5ccccc5c34)n2)cc1. The predicted octanol–water partition coefficient (Wildman–Crippen LogP) is 12.2. The summed E-state index contributed by atoms with van der Waals surface area (Å²) in [4.78, 5) is 15.2. The molecular formula is C46H31N3O2. The highest BCUT2D eigenvalue weighted by Gasteiger charge is 2.22. The van der Waals surface area contributed by atoms with Gasteiger partial charge in [0.2, 0.25) is 0 Å². The number of benzene rings is 6. The molecule has 0 aliphatic heterocycles. The van der Waals surface area contributed by atoms with Gasteiger partial charge in [0, 0.05) is 49.4 Å². The van der Waals surface area contributed by atoms with Crippen LogP contribution in [0.25, 0.3) is 89.2 Å². The summed E-state index contributed by atoms with van der Waals surface area (Å²) in [6.45, 7) is 3.72. The van der Waals surface area contributed by atoms with Crippen molar-refractivity contribution in [2.45, 2.75) is 6.42 Å². The van der Waals surface area contributed by atoms with Crippen LogP contribution in [0.3, 0.4) is 0 Å². The maximum absolute atomic E-state index is 6.69. The van der Waals surface area contributed by atoms with Crippen molar-refractivity contribution in [1.82, 2.24) is 15.0 Å². The highest BCUT2D eigenvalue weighted by Crippen LogP contribution is 2.44. The second-order valence-corrected chi connectivity index (χ2v) is 12.4. The minimum absolute atomic E-state index is 0.574. The van der Waals surface area contributed by atoms with Gasteiger partial charge in [-0.25, -0.2) is 15.0 Å². The van der Waals surface area contributed by atoms with E-state index in [0.29, 0.717) is 17.5 Å². The van der Waals surface area contributed by atoms with Gasteiger partial charge in [-0.15, -0.1) is 0 Å². The van der Waals surface area contributed by atoms with Gasteiger partial charge in [-0.1, -0.05) is 146 Å². The molecule has 0 N–H and O–H groups in total. The number of furan rings is 2. The summed E-state index contributed by atoms with van der Waals surface area (Å²) in [6, 6.07) is 45.2. The van der Waals surface area contributed by atoms with E-state index in [9.17, 15) is 0 Å². The number of hydrogen-bond acceptors (Lipinski definition) is 5. The lowest BCUT2D eigenvalue weighted by Crippen LogP contribution is -2.00. The van der Waals surface area contributed by atoms with Gasteiger partial charge in [0.1, 0.15) is 22.3 Å². The van der Waals surface area contributed by atoms with Gasteiger partial charge in [0.15, 0.2) is 17.5 Å². The third kappa shape index (κ3) is 5.51. The van der Waals surface area contributed by atoms with Crippen LogP contribution in [-0.4, -0.2) is 15.0 Å². The van der Waals surface area contributed by atoms with Crippen molar-refractivity contribution in [3.8, 4) is 45.3 Å². The van der Waals surface area contributed by atoms with Gasteiger partial charge in [0.05, 0.1) is 0 Å². The first-order valence-corrected chi connectivity index (χ1v) is 17.0. The Kier molecular flexibility index (Phi) is 7.63. The van der Waals surface area contributed by atoms with E-state index >= 15 is 0 Å². The molecule has 0 radical (unpaired) electrons. The second-order valence-electron chi connectivity index (χ2n) is 12.4. The monoisotopic (exact) mass is 657 g/mol. The van der Waals surface area contributed by atoms with Crippen molar-refractivity contribution < 1.29 is 8.83 Å². The van der Waals surface area contributed by atoms with E-state index in [1.807, 2.05) is 85.0 Å². The van der Waals surface area contributed by atoms with Gasteiger partial charge >= 0.3 is 0 Å². The molecule has 0 aliphatic carbocycles. The minimum Gasteiger partial charge on any atom is -0.455 e. The summed E-state index contributed by atoms with van der Waals surface area (Å²) in [6.07, 6.45) is 10.6. The van der Waals surface area contributed by atoms with E-state index < -0.39 is 0 Å². The topological polar surface area (TPSA) is 65.0 Å². The molecule has 51 heavy (non-hydrogen) atoms. The fraction of sp³-hybridized carbons (Fsp3) is 0.0217. The van der Waals surface area contributed by atoms with Gasteiger partial charge in [0.25, 0.3) is 0 Å². The molecule has 9 rings (SSSR count). The molecule has 0 bridgehead atoms. The first-order valence-electron chi connectivity index (χ1n) is 17.0. The molecule has 0 fully saturated rings. The highest BCUT2D eigenvalue weighted by atomic mass is 16.3. The average Bonchev–Trinajstić information content (AvgIpc) is 3.77. The first-order chi connectivity index (χ1) is 25.2. The fourth-order valence-electron chi connectivity index (χ4n) is 6.74. The molecule has 242 valence electrons. The fourth-order valence-corrected chi connectivity index (χ4v) is 6.74. The highest BCUT2D eigenvalue weighted by molar-refractivity contribution is 6.18. The Morgan fingerprint density at radius 2 is 1.08 bits per heavy atom. The van der Waals surface area contributed by atoms with Crippen molar-refractivity contribution in [3.63, 3.8) is 0 Å². The summed E-state index contributed by atoms with van der Waals surface area (Å²) in [5.41, 5.74) is 9.03. The Morgan fingerprint density at radius 1 is 0.471 bits per heavy atom. The van der Waals surface area contributed by atoms with Crippen molar-refractivity contribution in [1.29, 1.82) is 0 Å². The molecule has 0 aliphatic rings. The molecule has 5 nitrogen and oxygen atoms in total. The molecule has 5 heteroatoms. The van der Waals surface area contributed by atoms with Crippen LogP contribution in [-0.2, 0) is 6.42 Å². The Hall–Kier alpha value is -6.85. The van der Waals surface area contributed by atoms with E-state index in [2.05, 4.69) is 79.4 Å². The van der Waals surface area contributed by atoms with Crippen molar-refractivity contribution in [2.24, 2.45) is 0 Å². The molecule has 0 saturated heterocycles. The molecule has 6 aromatic carbocycles. The van der Waals surface area contributed by atoms with Gasteiger partial charge in [-0.05, 0) is 36.2 Å². The van der Waals surface area contributed by atoms with Crippen molar-refractivity contribution in [3.05, 3.63) is 176 Å². The van der Waals surface area contributed by atoms with Crippen LogP contribution in [0.1, 0.15) is 5.56 Å². The van der Waals surface area contributed by atoms with Gasteiger partial charge < -0.3 is 8.83 Å². The van der Waals surface area contributed by atoms with Gasteiger partial charge in [-0.3, -0.25) is 0 Å². The normalized spacial score (nSPS) is 11.9. The number of aromatic nitrogens is 3. The van der Waals surface area contributed by atoms with E-state index in [0.717, 1.165) is 78.1 Å². The molecule has 0 amide bonds. The second kappa shape index (κ2) is 12.9. The lowest BCUT2D eigenvalue weighted by Gasteiger charge is -2.11. The van der Waals surface area contributed by atoms with Crippen LogP contribution in [0.4, 0.5) is 0 Å². The molecule has 0 saturated carbocycles. The summed E-state index contributed by atoms with van der Waals surface area (Å²) in [5, 5.41) is 4.09. The van der Waals surface area contributed by atoms with Crippen molar-refractivity contribution in [2.75, 3.05) is 0 Å². The maximum Gasteiger partial charge on any atom is 0.164 e. The lowest BCUT2D eigenvalue weighted by atomic mass is 9.96. The average molecular weight is 658 g/mol. The third-order valence-electron chi connectivity index (χ3n) is 9.19. The summed E-state index contributed by atoms with van der Waals surface area (Å²) in [5.74, 6) is 1.78. The van der Waals surface area contributed by atoms with E-state index in [4.69, 9.17) is 23.8 Å². The zero-order chi connectivity index (χ0) is 34.1. The molecule has 3 heterocycles. The van der Waals surface area contributed by atoms with Crippen LogP contribution in [0.15, 0.2) is 179 Å². The number of allylic oxidation sites excluding steroid dienone is 5. The summed E-state index contributed by atoms with van der Waals surface area (Å²) >= 11 is 0. The molecular weight excluding hydrogens is 627 g/mol. The van der Waals surface area contributed by atoms with E-state index in [1.165, 1.54) is 5.56 Å². The van der Waals surface area contributed by atoms with Crippen LogP contribution in [0, 0.1) is 0 Å². The Bertz CT molecular complexity index is 2790. The van der Waals surface area contributed by atoms with Gasteiger partial charge in [-0.2, -0.15) is 0 Å². The van der Waals surface area contributed by atoms with Crippen LogP contribution in [0.2, 0.25) is 0 Å². The van der Waals surface area contributed by atoms with Crippen molar-refractivity contribution >= 4 is 43.9 Å². The Morgan fingerprint density at radius 3 is 1.86 bits per heavy atom. The molecule has 3 aromatic heterocycles. The largest absolute Gasteiger partial charge is 0.455 e. The molecule has 0 unspecified atom stereocenters. The third-order valence-corrected chi connectivity index (χ3v) is 9.19. The number of rotatable bonds is 8. The van der Waals surface area contributed by atoms with E-state index in [1.54, 1.807) is 6.08 Å². The number of hydrogen-bond donors (Lipinski definition) is 0. The smallest absolute Gasteiger partial charge is 0.164 e. The zero-order valence-corrected chi connectivity index (χ0v) is 27.7. The molecule has 0 spiro atoms. The predicted molar refractivity (Wildman–Crippen MR) is 208 cm³/mol. The first kappa shape index (κ1) is 30.2. The van der Waals surface area contributed by atoms with Crippen LogP contribution in [0.5, 0.6) is 0 Å². The standard InChI is InChI=1S/C46H31N3O2/c1-2-3-4-5-7-15-30-24-26-32(27-25-30)45-47-44(31-16-8-6-9-17-31)48-46(49-45)38-29-28-36(43-41(38)37-19-11-13-23-40(37)51-43)35-21-14-20-34-33-18-10-12-22-39(33)50-42(34)35/h2-14,16-29H,1,15H2/b4-3-,7-5-. The molecule has 0 atom stereocenters. The minimum atomic E-state index is 0.574. The van der Waals surface area contributed by atoms with Crippen LogP contribution < -0.4 is 0 Å². The number of para-hydroxylation sites is 3. The number of nitrogens with zero attached hydrogens (tertiary/aromatic N) is 3. The lowest BCUT2D eigenvalue weighted by molar-refractivity contribution is 0.665. The summed E-state index contributed by atoms with van der Waals surface area (Å²) in [7, 11) is 0. The Labute approximate surface area is 294 Å². The maximum atomic E-state index is 6.69. The Balaban J connectivity index is 1.23. The molecule has 9 aromatic rings. The number of fused-ring (bicyclic) bond motifs is 6. The quantitative estimate of drug-likeness (QED) is 0.152. The van der Waals surface area contributed by atoms with E-state index in [-0.39, 0.29) is 0 Å². The summed E-state index contributed by atoms with van der Waals surface area (Å²) < 4.78 is 13.2. The van der Waals surface area contributed by atoms with Crippen LogP contribution >= 0.6 is 0 Å². The zero-order valence-electron chi connectivity index (χ0n) is 27.7.